The van der Waals surface area contributed by atoms with Gasteiger partial charge in [0.2, 0.25) is 0 Å². The number of carboxylic acid groups (broad SMARTS) is 1. The maximum atomic E-state index is 12.2. The summed E-state index contributed by atoms with van der Waals surface area (Å²) in [5.41, 5.74) is 0.683. The van der Waals surface area contributed by atoms with Crippen LogP contribution in [0.2, 0.25) is 0 Å². The number of rotatable bonds is 7. The summed E-state index contributed by atoms with van der Waals surface area (Å²) in [5.74, 6) is -1.33. The van der Waals surface area contributed by atoms with Crippen molar-refractivity contribution in [2.24, 2.45) is 0 Å². The van der Waals surface area contributed by atoms with E-state index in [1.54, 1.807) is 30.3 Å². The van der Waals surface area contributed by atoms with Gasteiger partial charge >= 0.3 is 5.97 Å². The molecule has 0 heterocycles. The van der Waals surface area contributed by atoms with E-state index in [9.17, 15) is 13.2 Å². The summed E-state index contributed by atoms with van der Waals surface area (Å²) in [4.78, 5) is 11.2. The average molecular weight is 286 g/mol. The third kappa shape index (κ3) is 4.04. The van der Waals surface area contributed by atoms with Gasteiger partial charge in [-0.25, -0.2) is 8.42 Å². The molecular formula is C13H18O5S. The Hall–Kier alpha value is -1.40. The number of hydrogen-bond acceptors (Lipinski definition) is 4. The van der Waals surface area contributed by atoms with E-state index in [-0.39, 0.29) is 13.0 Å². The van der Waals surface area contributed by atoms with Gasteiger partial charge in [0.05, 0.1) is 11.9 Å². The zero-order chi connectivity index (χ0) is 14.5. The smallest absolute Gasteiger partial charge is 0.322 e. The van der Waals surface area contributed by atoms with Crippen LogP contribution in [0.3, 0.4) is 0 Å². The molecule has 0 fully saturated rings. The van der Waals surface area contributed by atoms with Crippen molar-refractivity contribution in [2.45, 2.75) is 23.8 Å². The zero-order valence-electron chi connectivity index (χ0n) is 10.9. The van der Waals surface area contributed by atoms with Gasteiger partial charge in [0.15, 0.2) is 15.1 Å². The Balaban J connectivity index is 2.98. The Kier molecular flexibility index (Phi) is 5.50. The standard InChI is InChI=1S/C13H18O5S/c1-10(9-18-2)19(16,17)12(13(14)15)8-11-6-4-3-5-7-11/h3-7,10,12H,8-9H2,1-2H3,(H,14,15). The minimum absolute atomic E-state index is 0.0130. The normalized spacial score (nSPS) is 14.8. The number of sulfone groups is 1. The second kappa shape index (κ2) is 6.68. The lowest BCUT2D eigenvalue weighted by atomic mass is 10.1. The minimum Gasteiger partial charge on any atom is -0.480 e. The van der Waals surface area contributed by atoms with Crippen LogP contribution in [-0.2, 0) is 25.8 Å². The lowest BCUT2D eigenvalue weighted by molar-refractivity contribution is -0.136. The van der Waals surface area contributed by atoms with Crippen molar-refractivity contribution in [3.63, 3.8) is 0 Å². The van der Waals surface area contributed by atoms with E-state index in [1.165, 1.54) is 14.0 Å². The predicted molar refractivity (Wildman–Crippen MR) is 71.8 cm³/mol. The Morgan fingerprint density at radius 2 is 1.89 bits per heavy atom. The van der Waals surface area contributed by atoms with Gasteiger partial charge in [-0.2, -0.15) is 0 Å². The maximum absolute atomic E-state index is 12.2. The second-order valence-electron chi connectivity index (χ2n) is 4.37. The number of carboxylic acids is 1. The quantitative estimate of drug-likeness (QED) is 0.812. The van der Waals surface area contributed by atoms with Crippen LogP contribution in [0.1, 0.15) is 12.5 Å². The maximum Gasteiger partial charge on any atom is 0.322 e. The molecule has 0 saturated heterocycles. The molecular weight excluding hydrogens is 268 g/mol. The molecule has 5 nitrogen and oxygen atoms in total. The van der Waals surface area contributed by atoms with Crippen LogP contribution in [0.5, 0.6) is 0 Å². The van der Waals surface area contributed by atoms with Crippen molar-refractivity contribution in [3.05, 3.63) is 35.9 Å². The van der Waals surface area contributed by atoms with Gasteiger partial charge < -0.3 is 9.84 Å². The molecule has 2 atom stereocenters. The highest BCUT2D eigenvalue weighted by molar-refractivity contribution is 7.93. The van der Waals surface area contributed by atoms with Crippen molar-refractivity contribution in [2.75, 3.05) is 13.7 Å². The van der Waals surface area contributed by atoms with Gasteiger partial charge in [0.25, 0.3) is 0 Å². The molecule has 0 saturated carbocycles. The first-order valence-electron chi connectivity index (χ1n) is 5.88. The molecule has 1 rings (SSSR count). The van der Waals surface area contributed by atoms with Crippen LogP contribution in [0.25, 0.3) is 0 Å². The van der Waals surface area contributed by atoms with Crippen LogP contribution < -0.4 is 0 Å². The third-order valence-electron chi connectivity index (χ3n) is 2.90. The summed E-state index contributed by atoms with van der Waals surface area (Å²) in [5, 5.41) is 6.88. The average Bonchev–Trinajstić information content (AvgIpc) is 2.37. The minimum atomic E-state index is -3.79. The first kappa shape index (κ1) is 15.7. The number of ether oxygens (including phenoxy) is 1. The SMILES string of the molecule is COCC(C)S(=O)(=O)C(Cc1ccccc1)C(=O)O. The van der Waals surface area contributed by atoms with Crippen molar-refractivity contribution in [1.82, 2.24) is 0 Å². The molecule has 0 aliphatic heterocycles. The highest BCUT2D eigenvalue weighted by Crippen LogP contribution is 2.16. The molecule has 2 unspecified atom stereocenters. The van der Waals surface area contributed by atoms with E-state index < -0.39 is 26.3 Å². The summed E-state index contributed by atoms with van der Waals surface area (Å²) in [7, 11) is -2.40. The second-order valence-corrected chi connectivity index (χ2v) is 6.92. The fourth-order valence-corrected chi connectivity index (χ4v) is 3.37. The van der Waals surface area contributed by atoms with E-state index in [0.717, 1.165) is 0 Å². The molecule has 0 aromatic heterocycles. The van der Waals surface area contributed by atoms with Crippen LogP contribution >= 0.6 is 0 Å². The molecule has 0 aliphatic carbocycles. The van der Waals surface area contributed by atoms with Crippen molar-refractivity contribution in [3.8, 4) is 0 Å². The molecule has 106 valence electrons. The lowest BCUT2D eigenvalue weighted by Crippen LogP contribution is -2.39. The van der Waals surface area contributed by atoms with E-state index in [0.29, 0.717) is 5.56 Å². The van der Waals surface area contributed by atoms with E-state index in [2.05, 4.69) is 0 Å². The number of methoxy groups -OCH3 is 1. The molecule has 0 spiro atoms. The molecule has 0 amide bonds. The van der Waals surface area contributed by atoms with E-state index >= 15 is 0 Å². The van der Waals surface area contributed by atoms with Crippen LogP contribution in [0.4, 0.5) is 0 Å². The van der Waals surface area contributed by atoms with Crippen molar-refractivity contribution < 1.29 is 23.1 Å². The summed E-state index contributed by atoms with van der Waals surface area (Å²) >= 11 is 0. The molecule has 1 aromatic carbocycles. The summed E-state index contributed by atoms with van der Waals surface area (Å²) < 4.78 is 29.2. The fourth-order valence-electron chi connectivity index (χ4n) is 1.78. The van der Waals surface area contributed by atoms with E-state index in [4.69, 9.17) is 9.84 Å². The molecule has 0 radical (unpaired) electrons. The molecule has 1 aromatic rings. The third-order valence-corrected chi connectivity index (χ3v) is 5.32. The van der Waals surface area contributed by atoms with Gasteiger partial charge in [-0.3, -0.25) is 4.79 Å². The summed E-state index contributed by atoms with van der Waals surface area (Å²) in [6.45, 7) is 1.45. The zero-order valence-corrected chi connectivity index (χ0v) is 11.8. The Bertz CT molecular complexity index is 509. The van der Waals surface area contributed by atoms with Gasteiger partial charge in [-0.15, -0.1) is 0 Å². The monoisotopic (exact) mass is 286 g/mol. The number of aliphatic carboxylic acids is 1. The molecule has 6 heteroatoms. The fraction of sp³-hybridized carbons (Fsp3) is 0.462. The Labute approximate surface area is 113 Å². The van der Waals surface area contributed by atoms with Crippen molar-refractivity contribution >= 4 is 15.8 Å². The van der Waals surface area contributed by atoms with Crippen molar-refractivity contribution in [1.29, 1.82) is 0 Å². The number of benzene rings is 1. The Morgan fingerprint density at radius 1 is 1.32 bits per heavy atom. The van der Waals surface area contributed by atoms with Gasteiger partial charge in [-0.1, -0.05) is 30.3 Å². The van der Waals surface area contributed by atoms with Gasteiger partial charge in [0, 0.05) is 7.11 Å². The highest BCUT2D eigenvalue weighted by Gasteiger charge is 2.36. The topological polar surface area (TPSA) is 80.7 Å². The van der Waals surface area contributed by atoms with Gasteiger partial charge in [0.1, 0.15) is 0 Å². The first-order chi connectivity index (χ1) is 8.89. The largest absolute Gasteiger partial charge is 0.480 e. The first-order valence-corrected chi connectivity index (χ1v) is 7.49. The highest BCUT2D eigenvalue weighted by atomic mass is 32.2. The Morgan fingerprint density at radius 3 is 2.37 bits per heavy atom. The lowest BCUT2D eigenvalue weighted by Gasteiger charge is -2.18. The predicted octanol–water partition coefficient (Wildman–Crippen LogP) is 1.13. The van der Waals surface area contributed by atoms with E-state index in [1.807, 2.05) is 0 Å². The van der Waals surface area contributed by atoms with Crippen LogP contribution in [0.15, 0.2) is 30.3 Å². The van der Waals surface area contributed by atoms with Crippen LogP contribution in [0, 0.1) is 0 Å². The summed E-state index contributed by atoms with van der Waals surface area (Å²) in [6, 6.07) is 8.72. The molecule has 1 N–H and O–H groups in total. The number of hydrogen-bond donors (Lipinski definition) is 1. The van der Waals surface area contributed by atoms with Gasteiger partial charge in [-0.05, 0) is 18.9 Å². The molecule has 0 aliphatic rings. The van der Waals surface area contributed by atoms with Crippen LogP contribution in [-0.4, -0.2) is 43.7 Å². The molecule has 0 bridgehead atoms. The molecule has 19 heavy (non-hydrogen) atoms. The number of carbonyl (C=O) groups is 1. The summed E-state index contributed by atoms with van der Waals surface area (Å²) in [6.07, 6.45) is -0.0352.